The third-order valence-electron chi connectivity index (χ3n) is 6.35. The van der Waals surface area contributed by atoms with Crippen LogP contribution >= 0.6 is 0 Å². The Morgan fingerprint density at radius 2 is 1.55 bits per heavy atom. The van der Waals surface area contributed by atoms with E-state index in [9.17, 15) is 14.4 Å². The molecule has 0 unspecified atom stereocenters. The molecule has 0 aliphatic carbocycles. The van der Waals surface area contributed by atoms with Gasteiger partial charge >= 0.3 is 0 Å². The largest absolute Gasteiger partial charge is 0.369 e. The molecule has 1 aromatic carbocycles. The van der Waals surface area contributed by atoms with Crippen LogP contribution in [0.15, 0.2) is 42.7 Å². The molecule has 1 saturated heterocycles. The molecule has 31 heavy (non-hydrogen) atoms. The highest BCUT2D eigenvalue weighted by Gasteiger charge is 2.26. The van der Waals surface area contributed by atoms with Gasteiger partial charge in [0.1, 0.15) is 0 Å². The molecule has 7 heteroatoms. The lowest BCUT2D eigenvalue weighted by molar-refractivity contribution is -0.134. The molecule has 2 aliphatic rings. The van der Waals surface area contributed by atoms with Crippen molar-refractivity contribution in [3.8, 4) is 0 Å². The number of pyridine rings is 1. The van der Waals surface area contributed by atoms with Crippen LogP contribution in [0.5, 0.6) is 0 Å². The fraction of sp³-hybridized carbons (Fsp3) is 0.417. The Balaban J connectivity index is 1.36. The quantitative estimate of drug-likeness (QED) is 0.792. The molecule has 3 amide bonds. The predicted molar refractivity (Wildman–Crippen MR) is 116 cm³/mol. The standard InChI is InChI=1S/C24H28N4O3/c25-24(31)20-6-10-27(11-7-20)22(29)15-18-1-2-19-5-12-28(16-21(19)13-18)23(30)14-17-3-8-26-9-4-17/h1-4,8-9,13,20H,5-7,10-12,14-16H2,(H2,25,31). The van der Waals surface area contributed by atoms with E-state index in [1.807, 2.05) is 28.0 Å². The number of likely N-dealkylation sites (tertiary alicyclic amines) is 1. The van der Waals surface area contributed by atoms with Gasteiger partial charge in [-0.1, -0.05) is 18.2 Å². The summed E-state index contributed by atoms with van der Waals surface area (Å²) in [4.78, 5) is 44.5. The van der Waals surface area contributed by atoms with Gasteiger partial charge in [0.15, 0.2) is 0 Å². The van der Waals surface area contributed by atoms with Gasteiger partial charge in [0.25, 0.3) is 0 Å². The van der Waals surface area contributed by atoms with Crippen molar-refractivity contribution in [3.05, 3.63) is 65.0 Å². The highest BCUT2D eigenvalue weighted by Crippen LogP contribution is 2.23. The summed E-state index contributed by atoms with van der Waals surface area (Å²) in [7, 11) is 0. The second kappa shape index (κ2) is 9.29. The molecule has 0 atom stereocenters. The van der Waals surface area contributed by atoms with E-state index in [2.05, 4.69) is 17.1 Å². The van der Waals surface area contributed by atoms with Crippen molar-refractivity contribution in [2.24, 2.45) is 11.7 Å². The lowest BCUT2D eigenvalue weighted by Crippen LogP contribution is -2.42. The van der Waals surface area contributed by atoms with Crippen molar-refractivity contribution >= 4 is 17.7 Å². The number of rotatable bonds is 5. The Hall–Kier alpha value is -3.22. The number of carbonyl (C=O) groups is 3. The third-order valence-corrected chi connectivity index (χ3v) is 6.35. The highest BCUT2D eigenvalue weighted by molar-refractivity contribution is 5.81. The maximum absolute atomic E-state index is 12.7. The molecule has 4 rings (SSSR count). The van der Waals surface area contributed by atoms with Crippen molar-refractivity contribution in [1.29, 1.82) is 0 Å². The van der Waals surface area contributed by atoms with Crippen LogP contribution in [0.25, 0.3) is 0 Å². The number of hydrogen-bond acceptors (Lipinski definition) is 4. The Morgan fingerprint density at radius 1 is 0.871 bits per heavy atom. The Kier molecular flexibility index (Phi) is 6.30. The van der Waals surface area contributed by atoms with Gasteiger partial charge in [-0.05, 0) is 53.6 Å². The number of piperidine rings is 1. The number of benzene rings is 1. The van der Waals surface area contributed by atoms with Crippen LogP contribution in [-0.4, -0.2) is 52.1 Å². The number of carbonyl (C=O) groups excluding carboxylic acids is 3. The predicted octanol–water partition coefficient (Wildman–Crippen LogP) is 1.48. The molecule has 7 nitrogen and oxygen atoms in total. The summed E-state index contributed by atoms with van der Waals surface area (Å²) < 4.78 is 0. The minimum atomic E-state index is -0.273. The van der Waals surface area contributed by atoms with Crippen LogP contribution in [0.1, 0.15) is 35.1 Å². The number of aromatic nitrogens is 1. The molecule has 3 heterocycles. The van der Waals surface area contributed by atoms with Gasteiger partial charge in [-0.3, -0.25) is 19.4 Å². The lowest BCUT2D eigenvalue weighted by Gasteiger charge is -2.31. The summed E-state index contributed by atoms with van der Waals surface area (Å²) in [6.45, 7) is 2.44. The monoisotopic (exact) mass is 420 g/mol. The molecular weight excluding hydrogens is 392 g/mol. The minimum absolute atomic E-state index is 0.0734. The van der Waals surface area contributed by atoms with Crippen molar-refractivity contribution in [2.75, 3.05) is 19.6 Å². The molecule has 1 fully saturated rings. The first kappa shape index (κ1) is 21.0. The first-order chi connectivity index (χ1) is 15.0. The van der Waals surface area contributed by atoms with E-state index < -0.39 is 0 Å². The van der Waals surface area contributed by atoms with E-state index in [-0.39, 0.29) is 23.6 Å². The number of hydrogen-bond donors (Lipinski definition) is 1. The molecule has 0 radical (unpaired) electrons. The molecular formula is C24H28N4O3. The molecule has 0 bridgehead atoms. The van der Waals surface area contributed by atoms with Crippen LogP contribution in [0.3, 0.4) is 0 Å². The zero-order chi connectivity index (χ0) is 21.8. The van der Waals surface area contributed by atoms with E-state index >= 15 is 0 Å². The second-order valence-electron chi connectivity index (χ2n) is 8.43. The second-order valence-corrected chi connectivity index (χ2v) is 8.43. The Labute approximate surface area is 182 Å². The molecule has 0 spiro atoms. The SMILES string of the molecule is NC(=O)C1CCN(C(=O)Cc2ccc3c(c2)CN(C(=O)Cc2ccncc2)CC3)CC1. The number of nitrogens with zero attached hydrogens (tertiary/aromatic N) is 3. The Morgan fingerprint density at radius 3 is 2.26 bits per heavy atom. The summed E-state index contributed by atoms with van der Waals surface area (Å²) >= 11 is 0. The third kappa shape index (κ3) is 5.10. The van der Waals surface area contributed by atoms with Gasteiger partial charge < -0.3 is 15.5 Å². The van der Waals surface area contributed by atoms with Crippen LogP contribution < -0.4 is 5.73 Å². The topological polar surface area (TPSA) is 96.6 Å². The molecule has 2 aliphatic heterocycles. The zero-order valence-corrected chi connectivity index (χ0v) is 17.6. The van der Waals surface area contributed by atoms with Crippen LogP contribution in [0.2, 0.25) is 0 Å². The molecule has 0 saturated carbocycles. The van der Waals surface area contributed by atoms with Crippen molar-refractivity contribution in [1.82, 2.24) is 14.8 Å². The first-order valence-corrected chi connectivity index (χ1v) is 10.8. The summed E-state index contributed by atoms with van der Waals surface area (Å²) in [6, 6.07) is 9.90. The smallest absolute Gasteiger partial charge is 0.227 e. The van der Waals surface area contributed by atoms with E-state index in [1.165, 1.54) is 5.56 Å². The van der Waals surface area contributed by atoms with Crippen LogP contribution in [0.4, 0.5) is 0 Å². The summed E-state index contributed by atoms with van der Waals surface area (Å²) in [5.41, 5.74) is 9.66. The molecule has 2 N–H and O–H groups in total. The summed E-state index contributed by atoms with van der Waals surface area (Å²) in [6.07, 6.45) is 6.21. The van der Waals surface area contributed by atoms with Gasteiger partial charge in [-0.25, -0.2) is 0 Å². The zero-order valence-electron chi connectivity index (χ0n) is 17.6. The fourth-order valence-corrected chi connectivity index (χ4v) is 4.42. The van der Waals surface area contributed by atoms with E-state index in [4.69, 9.17) is 5.73 Å². The van der Waals surface area contributed by atoms with Gasteiger partial charge in [0.2, 0.25) is 17.7 Å². The average molecular weight is 421 g/mol. The van der Waals surface area contributed by atoms with E-state index in [0.29, 0.717) is 51.9 Å². The average Bonchev–Trinajstić information content (AvgIpc) is 2.79. The van der Waals surface area contributed by atoms with Gasteiger partial charge in [0, 0.05) is 44.5 Å². The summed E-state index contributed by atoms with van der Waals surface area (Å²) in [5, 5.41) is 0. The van der Waals surface area contributed by atoms with E-state index in [0.717, 1.165) is 23.1 Å². The number of nitrogens with two attached hydrogens (primary N) is 1. The Bertz CT molecular complexity index is 968. The number of amides is 3. The normalized spacial score (nSPS) is 16.6. The molecule has 1 aromatic heterocycles. The lowest BCUT2D eigenvalue weighted by atomic mass is 9.94. The highest BCUT2D eigenvalue weighted by atomic mass is 16.2. The fourth-order valence-electron chi connectivity index (χ4n) is 4.42. The number of fused-ring (bicyclic) bond motifs is 1. The van der Waals surface area contributed by atoms with Gasteiger partial charge in [-0.2, -0.15) is 0 Å². The number of primary amides is 1. The maximum Gasteiger partial charge on any atom is 0.227 e. The van der Waals surface area contributed by atoms with Gasteiger partial charge in [0.05, 0.1) is 12.8 Å². The first-order valence-electron chi connectivity index (χ1n) is 10.8. The van der Waals surface area contributed by atoms with Crippen molar-refractivity contribution in [2.45, 2.75) is 38.6 Å². The van der Waals surface area contributed by atoms with Crippen LogP contribution in [-0.2, 0) is 40.2 Å². The molecule has 162 valence electrons. The minimum Gasteiger partial charge on any atom is -0.369 e. The summed E-state index contributed by atoms with van der Waals surface area (Å²) in [5.74, 6) is -0.215. The van der Waals surface area contributed by atoms with Crippen molar-refractivity contribution in [3.63, 3.8) is 0 Å². The van der Waals surface area contributed by atoms with E-state index in [1.54, 1.807) is 12.4 Å². The van der Waals surface area contributed by atoms with Crippen LogP contribution in [0, 0.1) is 5.92 Å². The van der Waals surface area contributed by atoms with Crippen molar-refractivity contribution < 1.29 is 14.4 Å². The van der Waals surface area contributed by atoms with Gasteiger partial charge in [-0.15, -0.1) is 0 Å². The molecule has 2 aromatic rings. The maximum atomic E-state index is 12.7.